The van der Waals surface area contributed by atoms with Gasteiger partial charge in [0, 0.05) is 18.0 Å². The van der Waals surface area contributed by atoms with E-state index < -0.39 is 23.1 Å². The number of phenolic OH excluding ortho intramolecular Hbond substituents is 1. The number of nitrogens with zero attached hydrogens (tertiary/aromatic N) is 1. The zero-order valence-corrected chi connectivity index (χ0v) is 18.0. The molecule has 166 valence electrons. The molecule has 1 spiro atoms. The average molecular weight is 435 g/mol. The molecular formula is C25H25NO6. The number of likely N-dealkylation sites (N-methyl/N-ethyl adjacent to an activating group) is 1. The number of ether oxygens (including phenoxy) is 3. The van der Waals surface area contributed by atoms with E-state index in [2.05, 4.69) is 18.0 Å². The van der Waals surface area contributed by atoms with Crippen LogP contribution in [0.15, 0.2) is 48.2 Å². The molecule has 4 aliphatic rings. The summed E-state index contributed by atoms with van der Waals surface area (Å²) in [7, 11) is 3.66. The van der Waals surface area contributed by atoms with Gasteiger partial charge in [-0.1, -0.05) is 6.07 Å². The minimum atomic E-state index is -1.04. The van der Waals surface area contributed by atoms with Crippen LogP contribution in [0.4, 0.5) is 0 Å². The number of likely N-dealkylation sites (tertiary alicyclic amines) is 1. The van der Waals surface area contributed by atoms with Crippen LogP contribution in [0.3, 0.4) is 0 Å². The van der Waals surface area contributed by atoms with Gasteiger partial charge in [0.05, 0.1) is 23.7 Å². The van der Waals surface area contributed by atoms with Gasteiger partial charge < -0.3 is 29.3 Å². The average Bonchev–Trinajstić information content (AvgIpc) is 3.14. The van der Waals surface area contributed by atoms with Gasteiger partial charge in [-0.3, -0.25) is 0 Å². The molecule has 0 saturated carbocycles. The van der Waals surface area contributed by atoms with Crippen LogP contribution in [0.25, 0.3) is 0 Å². The molecule has 2 aromatic rings. The molecule has 0 radical (unpaired) electrons. The SMILES string of the molecule is COc1ccc2c3c1OC1C(OC(=O)c4ccc(O)cc4)=CC[C@@]4(O)[C@@H](C2)N(C)CC[C@]314. The van der Waals surface area contributed by atoms with E-state index in [1.54, 1.807) is 13.2 Å². The van der Waals surface area contributed by atoms with Gasteiger partial charge in [0.1, 0.15) is 11.5 Å². The molecule has 7 nitrogen and oxygen atoms in total. The molecule has 2 N–H and O–H groups in total. The van der Waals surface area contributed by atoms with Crippen LogP contribution in [0.5, 0.6) is 17.2 Å². The number of carbonyl (C=O) groups excluding carboxylic acids is 1. The number of aromatic hydroxyl groups is 1. The van der Waals surface area contributed by atoms with Crippen LogP contribution in [-0.4, -0.2) is 59.5 Å². The monoisotopic (exact) mass is 435 g/mol. The minimum absolute atomic E-state index is 0.0557. The Kier molecular flexibility index (Phi) is 3.99. The quantitative estimate of drug-likeness (QED) is 0.717. The molecule has 1 saturated heterocycles. The highest BCUT2D eigenvalue weighted by Gasteiger charge is 2.72. The molecule has 2 aliphatic heterocycles. The normalized spacial score (nSPS) is 31.9. The fourth-order valence-electron chi connectivity index (χ4n) is 6.35. The highest BCUT2D eigenvalue weighted by atomic mass is 16.6. The number of hydrogen-bond acceptors (Lipinski definition) is 7. The van der Waals surface area contributed by atoms with Crippen molar-refractivity contribution in [1.29, 1.82) is 0 Å². The number of hydrogen-bond donors (Lipinski definition) is 2. The molecule has 2 aliphatic carbocycles. The van der Waals surface area contributed by atoms with E-state index in [0.717, 1.165) is 24.1 Å². The Balaban J connectivity index is 1.47. The van der Waals surface area contributed by atoms with Gasteiger partial charge in [-0.2, -0.15) is 0 Å². The Morgan fingerprint density at radius 2 is 2.00 bits per heavy atom. The van der Waals surface area contributed by atoms with Crippen molar-refractivity contribution < 1.29 is 29.2 Å². The standard InChI is InChI=1S/C25H25NO6/c1-26-12-11-24-20-15-5-8-17(30-2)21(20)32-22(24)18(9-10-25(24,29)19(26)13-15)31-23(28)14-3-6-16(27)7-4-14/h3-9,19,22,27,29H,10-13H2,1-2H3/t19-,22?,24+,25-/m1/s1. The van der Waals surface area contributed by atoms with Crippen molar-refractivity contribution >= 4 is 5.97 Å². The number of aliphatic hydroxyl groups is 1. The van der Waals surface area contributed by atoms with Gasteiger partial charge in [-0.15, -0.1) is 0 Å². The first-order valence-corrected chi connectivity index (χ1v) is 10.9. The lowest BCUT2D eigenvalue weighted by Gasteiger charge is -2.61. The van der Waals surface area contributed by atoms with E-state index in [9.17, 15) is 15.0 Å². The molecule has 1 unspecified atom stereocenters. The number of phenols is 1. The largest absolute Gasteiger partial charge is 0.508 e. The maximum absolute atomic E-state index is 12.9. The number of methoxy groups -OCH3 is 1. The number of carbonyl (C=O) groups is 1. The lowest BCUT2D eigenvalue weighted by molar-refractivity contribution is -0.163. The maximum Gasteiger partial charge on any atom is 0.343 e. The Morgan fingerprint density at radius 3 is 2.75 bits per heavy atom. The van der Waals surface area contributed by atoms with Crippen molar-refractivity contribution in [3.8, 4) is 17.2 Å². The van der Waals surface area contributed by atoms with Crippen LogP contribution >= 0.6 is 0 Å². The molecule has 6 rings (SSSR count). The number of rotatable bonds is 3. The number of piperidine rings is 1. The molecule has 2 aromatic carbocycles. The second-order valence-electron chi connectivity index (χ2n) is 9.22. The van der Waals surface area contributed by atoms with Crippen molar-refractivity contribution in [2.24, 2.45) is 0 Å². The molecule has 2 bridgehead atoms. The van der Waals surface area contributed by atoms with Crippen LogP contribution in [0.2, 0.25) is 0 Å². The van der Waals surface area contributed by atoms with Gasteiger partial charge in [-0.25, -0.2) is 4.79 Å². The van der Waals surface area contributed by atoms with E-state index in [0.29, 0.717) is 35.7 Å². The molecular weight excluding hydrogens is 410 g/mol. The van der Waals surface area contributed by atoms with Crippen molar-refractivity contribution in [2.45, 2.75) is 42.4 Å². The summed E-state index contributed by atoms with van der Waals surface area (Å²) in [5.74, 6) is 1.24. The molecule has 32 heavy (non-hydrogen) atoms. The number of benzene rings is 2. The Labute approximate surface area is 185 Å². The lowest BCUT2D eigenvalue weighted by atomic mass is 9.50. The molecule has 0 aromatic heterocycles. The summed E-state index contributed by atoms with van der Waals surface area (Å²) in [5.41, 5.74) is 0.737. The van der Waals surface area contributed by atoms with E-state index >= 15 is 0 Å². The predicted molar refractivity (Wildman–Crippen MR) is 115 cm³/mol. The summed E-state index contributed by atoms with van der Waals surface area (Å²) in [6.07, 6.45) is 2.96. The Morgan fingerprint density at radius 1 is 1.22 bits per heavy atom. The topological polar surface area (TPSA) is 88.5 Å². The van der Waals surface area contributed by atoms with E-state index in [1.807, 2.05) is 6.07 Å². The summed E-state index contributed by atoms with van der Waals surface area (Å²) in [6, 6.07) is 9.86. The van der Waals surface area contributed by atoms with Crippen LogP contribution in [-0.2, 0) is 16.6 Å². The molecule has 1 fully saturated rings. The van der Waals surface area contributed by atoms with E-state index in [-0.39, 0.29) is 11.8 Å². The van der Waals surface area contributed by atoms with E-state index in [1.165, 1.54) is 24.3 Å². The van der Waals surface area contributed by atoms with Crippen LogP contribution in [0, 0.1) is 0 Å². The first kappa shape index (κ1) is 19.6. The highest BCUT2D eigenvalue weighted by molar-refractivity contribution is 5.90. The second kappa shape index (κ2) is 6.49. The highest BCUT2D eigenvalue weighted by Crippen LogP contribution is 2.65. The predicted octanol–water partition coefficient (Wildman–Crippen LogP) is 2.54. The summed E-state index contributed by atoms with van der Waals surface area (Å²) in [6.45, 7) is 0.808. The smallest absolute Gasteiger partial charge is 0.343 e. The van der Waals surface area contributed by atoms with Crippen molar-refractivity contribution in [3.05, 3.63) is 64.9 Å². The molecule has 0 amide bonds. The zero-order chi connectivity index (χ0) is 22.3. The first-order chi connectivity index (χ1) is 15.4. The Bertz CT molecular complexity index is 1160. The van der Waals surface area contributed by atoms with Crippen molar-refractivity contribution in [2.75, 3.05) is 20.7 Å². The molecule has 4 atom stereocenters. The summed E-state index contributed by atoms with van der Waals surface area (Å²) in [4.78, 5) is 15.1. The maximum atomic E-state index is 12.9. The van der Waals surface area contributed by atoms with Gasteiger partial charge in [0.2, 0.25) is 0 Å². The summed E-state index contributed by atoms with van der Waals surface area (Å²) in [5, 5.41) is 21.7. The van der Waals surface area contributed by atoms with Gasteiger partial charge in [0.25, 0.3) is 0 Å². The molecule has 2 heterocycles. The minimum Gasteiger partial charge on any atom is -0.508 e. The van der Waals surface area contributed by atoms with Gasteiger partial charge >= 0.3 is 5.97 Å². The Hall–Kier alpha value is -3.03. The van der Waals surface area contributed by atoms with Crippen LogP contribution < -0.4 is 9.47 Å². The van der Waals surface area contributed by atoms with Gasteiger partial charge in [-0.05, 0) is 68.4 Å². The van der Waals surface area contributed by atoms with Crippen molar-refractivity contribution in [3.63, 3.8) is 0 Å². The first-order valence-electron chi connectivity index (χ1n) is 10.9. The van der Waals surface area contributed by atoms with E-state index in [4.69, 9.17) is 14.2 Å². The number of esters is 1. The fraction of sp³-hybridized carbons (Fsp3) is 0.400. The van der Waals surface area contributed by atoms with Crippen LogP contribution in [0.1, 0.15) is 34.3 Å². The summed E-state index contributed by atoms with van der Waals surface area (Å²) >= 11 is 0. The second-order valence-corrected chi connectivity index (χ2v) is 9.22. The third kappa shape index (κ3) is 2.30. The third-order valence-corrected chi connectivity index (χ3v) is 7.87. The fourth-order valence-corrected chi connectivity index (χ4v) is 6.35. The lowest BCUT2D eigenvalue weighted by Crippen LogP contribution is -2.74. The van der Waals surface area contributed by atoms with Gasteiger partial charge in [0.15, 0.2) is 17.6 Å². The molecule has 7 heteroatoms. The summed E-state index contributed by atoms with van der Waals surface area (Å²) < 4.78 is 17.9. The third-order valence-electron chi connectivity index (χ3n) is 7.87. The van der Waals surface area contributed by atoms with Crippen molar-refractivity contribution in [1.82, 2.24) is 4.90 Å². The zero-order valence-electron chi connectivity index (χ0n) is 18.0.